The van der Waals surface area contributed by atoms with Crippen LogP contribution in [0.4, 0.5) is 0 Å². The second kappa shape index (κ2) is 5.08. The van der Waals surface area contributed by atoms with E-state index in [4.69, 9.17) is 14.2 Å². The Kier molecular flexibility index (Phi) is 3.26. The number of aliphatic hydroxyl groups is 2. The maximum Gasteiger partial charge on any atom is 0.231 e. The van der Waals surface area contributed by atoms with E-state index < -0.39 is 17.6 Å². The first-order valence-electron chi connectivity index (χ1n) is 8.27. The fraction of sp³-hybridized carbons (Fsp3) is 0.647. The van der Waals surface area contributed by atoms with Crippen LogP contribution in [0.1, 0.15) is 17.5 Å². The van der Waals surface area contributed by atoms with Gasteiger partial charge in [-0.2, -0.15) is 0 Å². The zero-order chi connectivity index (χ0) is 16.6. The van der Waals surface area contributed by atoms with Crippen molar-refractivity contribution >= 4 is 15.9 Å². The molecule has 0 radical (unpaired) electrons. The van der Waals surface area contributed by atoms with E-state index in [0.29, 0.717) is 12.3 Å². The number of aliphatic hydroxyl groups excluding tert-OH is 2. The number of benzene rings is 1. The third-order valence-electron chi connectivity index (χ3n) is 6.29. The molecule has 130 valence electrons. The van der Waals surface area contributed by atoms with Crippen molar-refractivity contribution in [2.75, 3.05) is 20.4 Å². The summed E-state index contributed by atoms with van der Waals surface area (Å²) in [7, 11) is 1.67. The molecule has 6 nitrogen and oxygen atoms in total. The molecule has 0 spiro atoms. The average molecular weight is 398 g/mol. The first kappa shape index (κ1) is 15.4. The smallest absolute Gasteiger partial charge is 0.231 e. The van der Waals surface area contributed by atoms with Gasteiger partial charge < -0.3 is 24.4 Å². The molecule has 4 aliphatic rings. The number of halogens is 1. The first-order valence-corrected chi connectivity index (χ1v) is 9.19. The van der Waals surface area contributed by atoms with Crippen LogP contribution in [0, 0.1) is 0 Å². The number of hydrogen-bond acceptors (Lipinski definition) is 6. The molecule has 1 saturated heterocycles. The Balaban J connectivity index is 1.71. The molecule has 1 aromatic rings. The van der Waals surface area contributed by atoms with Crippen LogP contribution in [-0.4, -0.2) is 64.7 Å². The van der Waals surface area contributed by atoms with Crippen LogP contribution in [0.3, 0.4) is 0 Å². The molecule has 7 atom stereocenters. The summed E-state index contributed by atoms with van der Waals surface area (Å²) in [5, 5.41) is 22.2. The predicted octanol–water partition coefficient (Wildman–Crippen LogP) is 0.755. The number of methoxy groups -OCH3 is 1. The molecular weight excluding hydrogens is 378 g/mol. The van der Waals surface area contributed by atoms with Crippen molar-refractivity contribution in [1.82, 2.24) is 4.90 Å². The van der Waals surface area contributed by atoms with Gasteiger partial charge in [0.1, 0.15) is 0 Å². The van der Waals surface area contributed by atoms with Gasteiger partial charge in [0.25, 0.3) is 0 Å². The monoisotopic (exact) mass is 397 g/mol. The Hall–Kier alpha value is -0.860. The molecule has 1 unspecified atom stereocenters. The minimum absolute atomic E-state index is 0.0501. The summed E-state index contributed by atoms with van der Waals surface area (Å²) >= 11 is 3.62. The van der Waals surface area contributed by atoms with Crippen LogP contribution >= 0.6 is 15.9 Å². The minimum Gasteiger partial charge on any atom is -0.454 e. The molecule has 5 rings (SSSR count). The molecule has 3 aliphatic heterocycles. The lowest BCUT2D eigenvalue weighted by Crippen LogP contribution is -2.66. The number of fused-ring (bicyclic) bond motifs is 2. The van der Waals surface area contributed by atoms with Gasteiger partial charge in [-0.05, 0) is 29.7 Å². The molecule has 2 bridgehead atoms. The first-order chi connectivity index (χ1) is 11.6. The topological polar surface area (TPSA) is 71.4 Å². The highest BCUT2D eigenvalue weighted by molar-refractivity contribution is 9.09. The maximum atomic E-state index is 11.2. The zero-order valence-corrected chi connectivity index (χ0v) is 14.9. The summed E-state index contributed by atoms with van der Waals surface area (Å²) in [6.45, 7) is 1.51. The van der Waals surface area contributed by atoms with Crippen molar-refractivity contribution in [1.29, 1.82) is 0 Å². The normalized spacial score (nSPS) is 45.0. The van der Waals surface area contributed by atoms with Crippen LogP contribution < -0.4 is 9.47 Å². The molecule has 1 saturated carbocycles. The third-order valence-corrected chi connectivity index (χ3v) is 7.38. The van der Waals surface area contributed by atoms with E-state index in [-0.39, 0.29) is 23.8 Å². The van der Waals surface area contributed by atoms with Crippen LogP contribution in [0.15, 0.2) is 12.1 Å². The Labute approximate surface area is 148 Å². The van der Waals surface area contributed by atoms with E-state index in [1.54, 1.807) is 7.11 Å². The average Bonchev–Trinajstić information content (AvgIpc) is 3.10. The lowest BCUT2D eigenvalue weighted by molar-refractivity contribution is -0.0786. The van der Waals surface area contributed by atoms with Crippen molar-refractivity contribution in [3.8, 4) is 11.5 Å². The molecule has 0 aromatic heterocycles. The van der Waals surface area contributed by atoms with Gasteiger partial charge in [0, 0.05) is 26.2 Å². The molecule has 7 heteroatoms. The lowest BCUT2D eigenvalue weighted by Gasteiger charge is -2.53. The minimum atomic E-state index is -0.749. The number of hydrogen-bond donors (Lipinski definition) is 2. The van der Waals surface area contributed by atoms with E-state index in [1.165, 1.54) is 0 Å². The van der Waals surface area contributed by atoms with Crippen molar-refractivity contribution in [3.63, 3.8) is 0 Å². The van der Waals surface area contributed by atoms with E-state index in [2.05, 4.69) is 20.8 Å². The molecule has 3 heterocycles. The van der Waals surface area contributed by atoms with E-state index in [9.17, 15) is 10.2 Å². The van der Waals surface area contributed by atoms with Gasteiger partial charge in [-0.3, -0.25) is 4.90 Å². The second-order valence-electron chi connectivity index (χ2n) is 7.16. The molecule has 24 heavy (non-hydrogen) atoms. The van der Waals surface area contributed by atoms with Gasteiger partial charge in [-0.25, -0.2) is 0 Å². The molecule has 0 amide bonds. The van der Waals surface area contributed by atoms with Crippen LogP contribution in [-0.2, 0) is 16.7 Å². The molecule has 1 aliphatic carbocycles. The van der Waals surface area contributed by atoms with Gasteiger partial charge in [-0.1, -0.05) is 15.9 Å². The van der Waals surface area contributed by atoms with Crippen molar-refractivity contribution in [2.24, 2.45) is 0 Å². The largest absolute Gasteiger partial charge is 0.454 e. The SMILES string of the molecule is CO[C@H]1C[C@@H]2N3Cc4cc5c(cc4[C@@]2([C@H](O)C3)[C@@H](O)[C@@H]1Br)OCO5. The van der Waals surface area contributed by atoms with Gasteiger partial charge in [0.15, 0.2) is 11.5 Å². The standard InChI is InChI=1S/C17H20BrNO5/c1-22-12-4-13-17(16(21)15(12)18)9-3-11-10(23-7-24-11)2-8(9)5-19(13)6-14(17)20/h2-3,12-16,20-21H,4-7H2,1H3/t12-,13-,14+,15+,16-,17+/m0/s1. The highest BCUT2D eigenvalue weighted by Crippen LogP contribution is 2.56. The quantitative estimate of drug-likeness (QED) is 0.681. The Bertz CT molecular complexity index is 700. The fourth-order valence-electron chi connectivity index (χ4n) is 5.24. The number of nitrogens with zero attached hydrogens (tertiary/aromatic N) is 1. The molecule has 1 aromatic carbocycles. The summed E-state index contributed by atoms with van der Waals surface area (Å²) in [4.78, 5) is 2.04. The third kappa shape index (κ3) is 1.69. The van der Waals surface area contributed by atoms with Gasteiger partial charge in [-0.15, -0.1) is 0 Å². The Morgan fingerprint density at radius 3 is 2.79 bits per heavy atom. The van der Waals surface area contributed by atoms with Crippen LogP contribution in [0.5, 0.6) is 11.5 Å². The number of rotatable bonds is 1. The van der Waals surface area contributed by atoms with Crippen molar-refractivity contribution in [3.05, 3.63) is 23.3 Å². The van der Waals surface area contributed by atoms with Gasteiger partial charge in [0.2, 0.25) is 6.79 Å². The van der Waals surface area contributed by atoms with Crippen LogP contribution in [0.2, 0.25) is 0 Å². The zero-order valence-electron chi connectivity index (χ0n) is 13.3. The number of ether oxygens (including phenoxy) is 3. The van der Waals surface area contributed by atoms with E-state index >= 15 is 0 Å². The molecule has 2 fully saturated rings. The van der Waals surface area contributed by atoms with Crippen LogP contribution in [0.25, 0.3) is 0 Å². The van der Waals surface area contributed by atoms with Crippen molar-refractivity contribution < 1.29 is 24.4 Å². The fourth-order valence-corrected chi connectivity index (χ4v) is 6.10. The maximum absolute atomic E-state index is 11.2. The summed E-state index contributed by atoms with van der Waals surface area (Å²) in [6, 6.07) is 4.01. The van der Waals surface area contributed by atoms with Gasteiger partial charge in [0.05, 0.1) is 28.6 Å². The van der Waals surface area contributed by atoms with E-state index in [0.717, 1.165) is 29.8 Å². The van der Waals surface area contributed by atoms with Crippen molar-refractivity contribution in [2.45, 2.75) is 47.6 Å². The highest BCUT2D eigenvalue weighted by Gasteiger charge is 2.66. The summed E-state index contributed by atoms with van der Waals surface area (Å²) in [5.41, 5.74) is 1.36. The van der Waals surface area contributed by atoms with Gasteiger partial charge >= 0.3 is 0 Å². The molecular formula is C17H20BrNO5. The molecule has 2 N–H and O–H groups in total. The Morgan fingerprint density at radius 1 is 1.29 bits per heavy atom. The Morgan fingerprint density at radius 2 is 2.04 bits per heavy atom. The van der Waals surface area contributed by atoms with E-state index in [1.807, 2.05) is 12.1 Å². The second-order valence-corrected chi connectivity index (χ2v) is 8.21. The predicted molar refractivity (Wildman–Crippen MR) is 88.6 cm³/mol. The highest BCUT2D eigenvalue weighted by atomic mass is 79.9. The summed E-state index contributed by atoms with van der Waals surface area (Å²) in [6.07, 6.45) is -0.687. The summed E-state index contributed by atoms with van der Waals surface area (Å²) < 4.78 is 16.6. The number of alkyl halides is 1. The lowest BCUT2D eigenvalue weighted by atomic mass is 9.60. The summed E-state index contributed by atoms with van der Waals surface area (Å²) in [5.74, 6) is 1.44.